The molecule has 0 bridgehead atoms. The van der Waals surface area contributed by atoms with Crippen LogP contribution in [0.15, 0.2) is 48.7 Å². The van der Waals surface area contributed by atoms with E-state index in [1.54, 1.807) is 16.0 Å². The highest BCUT2D eigenvalue weighted by Crippen LogP contribution is 2.28. The third kappa shape index (κ3) is 7.34. The van der Waals surface area contributed by atoms with Gasteiger partial charge in [-0.2, -0.15) is 5.26 Å². The number of amides is 2. The van der Waals surface area contributed by atoms with Crippen molar-refractivity contribution in [3.05, 3.63) is 71.0 Å². The van der Waals surface area contributed by atoms with E-state index in [9.17, 15) is 14.9 Å². The number of anilines is 1. The molecule has 0 saturated carbocycles. The van der Waals surface area contributed by atoms with Crippen LogP contribution in [0.2, 0.25) is 0 Å². The predicted molar refractivity (Wildman–Crippen MR) is 161 cm³/mol. The average molecular weight is 555 g/mol. The Bertz CT molecular complexity index is 1430. The van der Waals surface area contributed by atoms with Gasteiger partial charge >= 0.3 is 6.09 Å². The number of carbonyl (C=O) groups is 2. The maximum absolute atomic E-state index is 12.6. The Kier molecular flexibility index (Phi) is 9.13. The fourth-order valence-corrected chi connectivity index (χ4v) is 4.69. The second-order valence-corrected chi connectivity index (χ2v) is 10.9. The molecule has 1 N–H and O–H groups in total. The molecule has 1 aliphatic rings. The number of aromatic nitrogens is 2. The van der Waals surface area contributed by atoms with Crippen LogP contribution in [0.5, 0.6) is 0 Å². The summed E-state index contributed by atoms with van der Waals surface area (Å²) in [5, 5.41) is 9.83. The summed E-state index contributed by atoms with van der Waals surface area (Å²) in [5.41, 5.74) is 4.16. The molecule has 1 aromatic carbocycles. The van der Waals surface area contributed by atoms with Gasteiger partial charge in [0.05, 0.1) is 11.3 Å². The van der Waals surface area contributed by atoms with E-state index in [0.29, 0.717) is 50.4 Å². The molecule has 3 aromatic rings. The molecule has 1 aliphatic heterocycles. The first kappa shape index (κ1) is 29.4. The van der Waals surface area contributed by atoms with Gasteiger partial charge in [-0.1, -0.05) is 18.2 Å². The van der Waals surface area contributed by atoms with E-state index in [0.717, 1.165) is 28.3 Å². The predicted octanol–water partition coefficient (Wildman–Crippen LogP) is 5.66. The Balaban J connectivity index is 1.44. The van der Waals surface area contributed by atoms with Gasteiger partial charge in [0.1, 0.15) is 17.5 Å². The van der Waals surface area contributed by atoms with E-state index in [2.05, 4.69) is 20.9 Å². The summed E-state index contributed by atoms with van der Waals surface area (Å²) in [6.45, 7) is 13.1. The van der Waals surface area contributed by atoms with Gasteiger partial charge in [-0.15, -0.1) is 0 Å². The Labute approximate surface area is 242 Å². The Morgan fingerprint density at radius 3 is 2.34 bits per heavy atom. The molecule has 0 spiro atoms. The van der Waals surface area contributed by atoms with Gasteiger partial charge in [0.15, 0.2) is 0 Å². The van der Waals surface area contributed by atoms with Crippen LogP contribution in [0.1, 0.15) is 61.8 Å². The second-order valence-electron chi connectivity index (χ2n) is 10.9. The average Bonchev–Trinajstić information content (AvgIpc) is 3.41. The Morgan fingerprint density at radius 2 is 1.73 bits per heavy atom. The van der Waals surface area contributed by atoms with Crippen LogP contribution in [-0.2, 0) is 4.74 Å². The van der Waals surface area contributed by atoms with Crippen LogP contribution < -0.4 is 4.90 Å². The van der Waals surface area contributed by atoms with Crippen LogP contribution in [0.25, 0.3) is 23.4 Å². The molecule has 9 nitrogen and oxygen atoms in total. The van der Waals surface area contributed by atoms with Gasteiger partial charge < -0.3 is 24.4 Å². The highest BCUT2D eigenvalue weighted by atomic mass is 16.6. The number of piperazine rings is 1. The van der Waals surface area contributed by atoms with Crippen molar-refractivity contribution in [2.75, 3.05) is 44.2 Å². The highest BCUT2D eigenvalue weighted by molar-refractivity contribution is 5.94. The van der Waals surface area contributed by atoms with Crippen molar-refractivity contribution in [1.29, 1.82) is 5.26 Å². The topological polar surface area (TPSA) is 106 Å². The largest absolute Gasteiger partial charge is 0.444 e. The summed E-state index contributed by atoms with van der Waals surface area (Å²) in [4.78, 5) is 38.5. The van der Waals surface area contributed by atoms with Gasteiger partial charge in [0.2, 0.25) is 0 Å². The standard InChI is InChI=1S/C32H38N6O3/c1-6-36(7-2)30(39)24-11-8-23(9-12-24)10-13-27-20-25(14-15-34-27)28-21-26(22-33)29(35-28)37-16-18-38(19-17-37)31(40)41-32(3,4)5/h8-15,20-21,35H,6-7,16-19H2,1-5H3/b13-10+. The Hall–Kier alpha value is -4.58. The fourth-order valence-electron chi connectivity index (χ4n) is 4.69. The van der Waals surface area contributed by atoms with E-state index < -0.39 is 5.60 Å². The summed E-state index contributed by atoms with van der Waals surface area (Å²) in [7, 11) is 0. The van der Waals surface area contributed by atoms with Crippen LogP contribution in [-0.4, -0.2) is 76.6 Å². The normalized spacial score (nSPS) is 13.8. The number of pyridine rings is 1. The first-order valence-corrected chi connectivity index (χ1v) is 14.0. The second kappa shape index (κ2) is 12.7. The number of nitrogens with zero attached hydrogens (tertiary/aromatic N) is 5. The van der Waals surface area contributed by atoms with Gasteiger partial charge in [-0.3, -0.25) is 9.78 Å². The van der Waals surface area contributed by atoms with E-state index in [1.807, 2.05) is 89.2 Å². The fraction of sp³-hybridized carbons (Fsp3) is 0.375. The minimum atomic E-state index is -0.536. The lowest BCUT2D eigenvalue weighted by molar-refractivity contribution is 0.0240. The molecule has 9 heteroatoms. The summed E-state index contributed by atoms with van der Waals surface area (Å²) in [5.74, 6) is 0.784. The van der Waals surface area contributed by atoms with E-state index in [4.69, 9.17) is 4.74 Å². The highest BCUT2D eigenvalue weighted by Gasteiger charge is 2.27. The summed E-state index contributed by atoms with van der Waals surface area (Å²) in [6, 6.07) is 15.6. The molecule has 3 heterocycles. The summed E-state index contributed by atoms with van der Waals surface area (Å²) < 4.78 is 5.50. The van der Waals surface area contributed by atoms with Gasteiger partial charge in [0.25, 0.3) is 5.91 Å². The summed E-state index contributed by atoms with van der Waals surface area (Å²) >= 11 is 0. The number of rotatable bonds is 7. The maximum atomic E-state index is 12.6. The zero-order chi connectivity index (χ0) is 29.6. The number of ether oxygens (including phenoxy) is 1. The third-order valence-corrected chi connectivity index (χ3v) is 6.91. The lowest BCUT2D eigenvalue weighted by Crippen LogP contribution is -2.50. The number of hydrogen-bond acceptors (Lipinski definition) is 6. The van der Waals surface area contributed by atoms with Gasteiger partial charge in [-0.25, -0.2) is 4.79 Å². The number of H-pyrrole nitrogens is 1. The van der Waals surface area contributed by atoms with Crippen molar-refractivity contribution in [1.82, 2.24) is 19.8 Å². The van der Waals surface area contributed by atoms with Crippen molar-refractivity contribution < 1.29 is 14.3 Å². The van der Waals surface area contributed by atoms with Crippen molar-refractivity contribution >= 4 is 30.0 Å². The van der Waals surface area contributed by atoms with E-state index in [-0.39, 0.29) is 12.0 Å². The van der Waals surface area contributed by atoms with Crippen LogP contribution in [0.3, 0.4) is 0 Å². The van der Waals surface area contributed by atoms with Gasteiger partial charge in [-0.05, 0) is 76.6 Å². The zero-order valence-electron chi connectivity index (χ0n) is 24.5. The number of hydrogen-bond donors (Lipinski definition) is 1. The van der Waals surface area contributed by atoms with Crippen LogP contribution >= 0.6 is 0 Å². The molecule has 0 radical (unpaired) electrons. The number of carbonyl (C=O) groups excluding carboxylic acids is 2. The Morgan fingerprint density at radius 1 is 1.05 bits per heavy atom. The first-order chi connectivity index (χ1) is 19.6. The molecular formula is C32H38N6O3. The van der Waals surface area contributed by atoms with Crippen LogP contribution in [0, 0.1) is 11.3 Å². The molecule has 214 valence electrons. The van der Waals surface area contributed by atoms with Crippen molar-refractivity contribution in [3.8, 4) is 17.3 Å². The number of nitriles is 1. The molecule has 0 atom stereocenters. The molecule has 4 rings (SSSR count). The number of benzene rings is 1. The molecule has 2 amide bonds. The summed E-state index contributed by atoms with van der Waals surface area (Å²) in [6.07, 6.45) is 5.32. The monoisotopic (exact) mass is 554 g/mol. The quantitative estimate of drug-likeness (QED) is 0.404. The lowest BCUT2D eigenvalue weighted by atomic mass is 10.1. The molecule has 0 aliphatic carbocycles. The molecule has 1 fully saturated rings. The molecule has 41 heavy (non-hydrogen) atoms. The zero-order valence-corrected chi connectivity index (χ0v) is 24.5. The molecule has 2 aromatic heterocycles. The lowest BCUT2D eigenvalue weighted by Gasteiger charge is -2.36. The molecule has 0 unspecified atom stereocenters. The number of nitrogens with one attached hydrogen (secondary N) is 1. The van der Waals surface area contributed by atoms with Crippen molar-refractivity contribution in [2.24, 2.45) is 0 Å². The number of aromatic amines is 1. The van der Waals surface area contributed by atoms with Crippen molar-refractivity contribution in [2.45, 2.75) is 40.2 Å². The van der Waals surface area contributed by atoms with E-state index >= 15 is 0 Å². The third-order valence-electron chi connectivity index (χ3n) is 6.91. The minimum Gasteiger partial charge on any atom is -0.444 e. The van der Waals surface area contributed by atoms with Crippen LogP contribution in [0.4, 0.5) is 10.6 Å². The van der Waals surface area contributed by atoms with Crippen molar-refractivity contribution in [3.63, 3.8) is 0 Å². The molecular weight excluding hydrogens is 516 g/mol. The smallest absolute Gasteiger partial charge is 0.410 e. The minimum absolute atomic E-state index is 0.0341. The van der Waals surface area contributed by atoms with Gasteiger partial charge in [0, 0.05) is 62.3 Å². The SMILES string of the molecule is CCN(CC)C(=O)c1ccc(/C=C/c2cc(-c3cc(C#N)c(N4CCN(C(=O)OC(C)(C)C)CC4)[nH]3)ccn2)cc1. The maximum Gasteiger partial charge on any atom is 0.410 e. The molecule has 1 saturated heterocycles. The van der Waals surface area contributed by atoms with E-state index in [1.165, 1.54) is 0 Å². The first-order valence-electron chi connectivity index (χ1n) is 14.0.